The van der Waals surface area contributed by atoms with Crippen LogP contribution in [0.3, 0.4) is 0 Å². The Hall–Kier alpha value is -3.68. The third-order valence-corrected chi connectivity index (χ3v) is 7.45. The Kier molecular flexibility index (Phi) is 8.99. The van der Waals surface area contributed by atoms with Gasteiger partial charge in [-0.2, -0.15) is 4.98 Å². The summed E-state index contributed by atoms with van der Waals surface area (Å²) in [5.41, 5.74) is 0.950. The molecular formula is C28H31Cl2N7O5. The molecule has 14 heteroatoms. The highest BCUT2D eigenvalue weighted by Gasteiger charge is 2.26. The summed E-state index contributed by atoms with van der Waals surface area (Å²) in [6, 6.07) is 8.12. The summed E-state index contributed by atoms with van der Waals surface area (Å²) >= 11 is 12.7. The molecule has 0 unspecified atom stereocenters. The maximum absolute atomic E-state index is 13.6. The van der Waals surface area contributed by atoms with Gasteiger partial charge in [-0.05, 0) is 50.2 Å². The van der Waals surface area contributed by atoms with Gasteiger partial charge in [-0.25, -0.2) is 4.98 Å². The molecule has 4 heterocycles. The van der Waals surface area contributed by atoms with Crippen molar-refractivity contribution in [3.05, 3.63) is 68.8 Å². The third-order valence-electron chi connectivity index (χ3n) is 6.82. The molecule has 0 spiro atoms. The smallest absolute Gasteiger partial charge is 0.293 e. The maximum Gasteiger partial charge on any atom is 0.293 e. The number of carbonyl (C=O) groups excluding carboxylic acids is 1. The van der Waals surface area contributed by atoms with Crippen molar-refractivity contribution in [1.29, 1.82) is 0 Å². The van der Waals surface area contributed by atoms with Gasteiger partial charge in [0, 0.05) is 49.1 Å². The fourth-order valence-corrected chi connectivity index (χ4v) is 5.32. The third kappa shape index (κ3) is 6.85. The minimum absolute atomic E-state index is 0.0197. The van der Waals surface area contributed by atoms with Crippen molar-refractivity contribution in [2.75, 3.05) is 38.1 Å². The van der Waals surface area contributed by atoms with Gasteiger partial charge in [0.05, 0.1) is 27.7 Å². The van der Waals surface area contributed by atoms with E-state index in [1.165, 1.54) is 32.0 Å². The van der Waals surface area contributed by atoms with Crippen molar-refractivity contribution in [1.82, 2.24) is 29.9 Å². The highest BCUT2D eigenvalue weighted by atomic mass is 35.5. The molecule has 0 radical (unpaired) electrons. The molecule has 1 fully saturated rings. The number of hydrogen-bond acceptors (Lipinski definition) is 9. The van der Waals surface area contributed by atoms with Gasteiger partial charge in [-0.1, -0.05) is 29.3 Å². The van der Waals surface area contributed by atoms with Gasteiger partial charge in [0.2, 0.25) is 11.9 Å². The molecule has 1 aliphatic heterocycles. The minimum atomic E-state index is -2.11. The first-order chi connectivity index (χ1) is 20.1. The summed E-state index contributed by atoms with van der Waals surface area (Å²) in [6.07, 6.45) is 5.73. The summed E-state index contributed by atoms with van der Waals surface area (Å²) in [6.45, 7) is 4.01. The Morgan fingerprint density at radius 3 is 2.67 bits per heavy atom. The Labute approximate surface area is 251 Å². The number of nitrogens with zero attached hydrogens (tertiary/aromatic N) is 4. The number of benzene rings is 1. The van der Waals surface area contributed by atoms with E-state index >= 15 is 0 Å². The summed E-state index contributed by atoms with van der Waals surface area (Å²) in [5, 5.41) is 26.9. The number of likely N-dealkylation sites (tertiary alicyclic amines) is 1. The van der Waals surface area contributed by atoms with Crippen molar-refractivity contribution < 1.29 is 19.8 Å². The number of hydrogen-bond donors (Lipinski definition) is 5. The van der Waals surface area contributed by atoms with Crippen molar-refractivity contribution >= 4 is 51.8 Å². The van der Waals surface area contributed by atoms with E-state index in [9.17, 15) is 19.8 Å². The van der Waals surface area contributed by atoms with Crippen LogP contribution in [0.5, 0.6) is 0 Å². The van der Waals surface area contributed by atoms with Crippen LogP contribution in [0.25, 0.3) is 22.2 Å². The van der Waals surface area contributed by atoms with Crippen LogP contribution in [0.15, 0.2) is 47.5 Å². The van der Waals surface area contributed by atoms with Gasteiger partial charge in [0.25, 0.3) is 11.3 Å². The number of fused-ring (bicyclic) bond motifs is 1. The Bertz CT molecular complexity index is 1630. The zero-order valence-electron chi connectivity index (χ0n) is 22.9. The molecule has 4 aromatic rings. The van der Waals surface area contributed by atoms with Crippen LogP contribution in [0.4, 0.5) is 11.6 Å². The lowest BCUT2D eigenvalue weighted by Gasteiger charge is -2.24. The summed E-state index contributed by atoms with van der Waals surface area (Å²) in [4.78, 5) is 45.7. The minimum Gasteiger partial charge on any atom is -0.389 e. The molecule has 1 amide bonds. The number of halogens is 2. The molecule has 1 aromatic carbocycles. The van der Waals surface area contributed by atoms with E-state index in [2.05, 4.69) is 30.5 Å². The molecule has 1 saturated heterocycles. The number of aliphatic hydroxyl groups excluding tert-OH is 1. The molecule has 0 aliphatic carbocycles. The van der Waals surface area contributed by atoms with Crippen LogP contribution >= 0.6 is 23.2 Å². The highest BCUT2D eigenvalue weighted by molar-refractivity contribution is 6.39. The van der Waals surface area contributed by atoms with Gasteiger partial charge < -0.3 is 35.6 Å². The lowest BCUT2D eigenvalue weighted by atomic mass is 10.1. The monoisotopic (exact) mass is 615 g/mol. The summed E-state index contributed by atoms with van der Waals surface area (Å²) in [5.74, 6) is -2.08. The number of amides is 1. The molecule has 5 N–H and O–H groups in total. The zero-order chi connectivity index (χ0) is 29.9. The second-order valence-electron chi connectivity index (χ2n) is 10.3. The van der Waals surface area contributed by atoms with Crippen LogP contribution < -0.4 is 21.0 Å². The highest BCUT2D eigenvalue weighted by Crippen LogP contribution is 2.34. The van der Waals surface area contributed by atoms with Gasteiger partial charge >= 0.3 is 0 Å². The molecule has 12 nitrogen and oxygen atoms in total. The second kappa shape index (κ2) is 12.7. The molecule has 1 aliphatic rings. The number of carbonyl (C=O) groups is 1. The molecule has 0 bridgehead atoms. The Morgan fingerprint density at radius 1 is 1.21 bits per heavy atom. The average molecular weight is 617 g/mol. The van der Waals surface area contributed by atoms with E-state index in [1.807, 2.05) is 0 Å². The first kappa shape index (κ1) is 29.8. The Balaban J connectivity index is 1.38. The number of aromatic nitrogens is 4. The van der Waals surface area contributed by atoms with Crippen LogP contribution in [-0.4, -0.2) is 79.3 Å². The number of nitrogens with one attached hydrogen (secondary N) is 3. The van der Waals surface area contributed by atoms with Gasteiger partial charge in [-0.15, -0.1) is 4.73 Å². The topological polar surface area (TPSA) is 158 Å². The molecule has 0 saturated carbocycles. The number of aliphatic hydroxyl groups is 2. The van der Waals surface area contributed by atoms with Crippen LogP contribution in [0.2, 0.25) is 10.0 Å². The lowest BCUT2D eigenvalue weighted by Crippen LogP contribution is -2.45. The van der Waals surface area contributed by atoms with Gasteiger partial charge in [-0.3, -0.25) is 9.59 Å². The van der Waals surface area contributed by atoms with Crippen LogP contribution in [0, 0.1) is 0 Å². The van der Waals surface area contributed by atoms with E-state index in [1.54, 1.807) is 30.5 Å². The average Bonchev–Trinajstić information content (AvgIpc) is 3.63. The van der Waals surface area contributed by atoms with E-state index in [-0.39, 0.29) is 45.1 Å². The largest absolute Gasteiger partial charge is 0.389 e. The fraction of sp³-hybridized carbons (Fsp3) is 0.357. The number of rotatable bonds is 11. The molecule has 42 heavy (non-hydrogen) atoms. The van der Waals surface area contributed by atoms with E-state index in [4.69, 9.17) is 28.0 Å². The quantitative estimate of drug-likeness (QED) is 0.160. The number of aromatic amines is 1. The number of anilines is 2. The predicted octanol–water partition coefficient (Wildman–Crippen LogP) is 2.72. The van der Waals surface area contributed by atoms with Crippen molar-refractivity contribution in [3.63, 3.8) is 0 Å². The predicted molar refractivity (Wildman–Crippen MR) is 160 cm³/mol. The maximum atomic E-state index is 13.6. The second-order valence-corrected chi connectivity index (χ2v) is 11.1. The standard InChI is InChI=1S/C28H31Cl2N7O5/c1-28(41,16-38)42-37-25-17(11-20(26(37)40)24-21(29)5-4-6-22(24)30)14-33-27(35-25)34-19-12-18(32-15-19)13-23(39)31-7-10-36-8-2-3-9-36/h4-6,11-12,14-15,32,38,41H,2-3,7-10,13,16H2,1H3,(H,31,39)(H,33,34,35)/t28-/m0/s1. The van der Waals surface area contributed by atoms with Gasteiger partial charge in [0.15, 0.2) is 5.65 Å². The van der Waals surface area contributed by atoms with Crippen LogP contribution in [-0.2, 0) is 11.2 Å². The molecule has 222 valence electrons. The van der Waals surface area contributed by atoms with Crippen molar-refractivity contribution in [2.45, 2.75) is 32.0 Å². The normalized spacial score (nSPS) is 15.1. The fourth-order valence-electron chi connectivity index (χ4n) is 4.71. The Morgan fingerprint density at radius 2 is 1.95 bits per heavy atom. The molecule has 1 atom stereocenters. The lowest BCUT2D eigenvalue weighted by molar-refractivity contribution is -0.211. The first-order valence-corrected chi connectivity index (χ1v) is 14.2. The number of H-pyrrole nitrogens is 1. The summed E-state index contributed by atoms with van der Waals surface area (Å²) in [7, 11) is 0. The van der Waals surface area contributed by atoms with Gasteiger partial charge in [0.1, 0.15) is 6.61 Å². The first-order valence-electron chi connectivity index (χ1n) is 13.5. The van der Waals surface area contributed by atoms with Crippen LogP contribution in [0.1, 0.15) is 25.5 Å². The SMILES string of the molecule is C[C@@](O)(CO)On1c(=O)c(-c2c(Cl)cccc2Cl)cc2cnc(Nc3c[nH]c(CC(=O)NCCN4CCCC4)c3)nc21. The summed E-state index contributed by atoms with van der Waals surface area (Å²) < 4.78 is 0.780. The van der Waals surface area contributed by atoms with E-state index < -0.39 is 18.0 Å². The molecular weight excluding hydrogens is 585 g/mol. The van der Waals surface area contributed by atoms with E-state index in [0.717, 1.165) is 24.4 Å². The van der Waals surface area contributed by atoms with Crippen molar-refractivity contribution in [3.8, 4) is 11.1 Å². The zero-order valence-corrected chi connectivity index (χ0v) is 24.4. The molecule has 3 aromatic heterocycles. The number of pyridine rings is 1. The van der Waals surface area contributed by atoms with E-state index in [0.29, 0.717) is 23.3 Å². The van der Waals surface area contributed by atoms with Crippen molar-refractivity contribution in [2.24, 2.45) is 0 Å². The molecule has 5 rings (SSSR count).